The Morgan fingerprint density at radius 1 is 1.41 bits per heavy atom. The van der Waals surface area contributed by atoms with Gasteiger partial charge in [0.05, 0.1) is 13.2 Å². The van der Waals surface area contributed by atoms with E-state index in [1.54, 1.807) is 0 Å². The normalized spacial score (nSPS) is 22.2. The molecule has 0 bridgehead atoms. The van der Waals surface area contributed by atoms with Gasteiger partial charge in [-0.25, -0.2) is 0 Å². The summed E-state index contributed by atoms with van der Waals surface area (Å²) in [6.07, 6.45) is 5.50. The molecule has 17 heavy (non-hydrogen) atoms. The predicted octanol–water partition coefficient (Wildman–Crippen LogP) is 1.44. The maximum atomic E-state index is 8.83. The first-order chi connectivity index (χ1) is 7.79. The molecule has 1 saturated carbocycles. The van der Waals surface area contributed by atoms with Gasteiger partial charge in [-0.05, 0) is 31.6 Å². The minimum atomic E-state index is 0. The number of guanidine groups is 1. The topological polar surface area (TPSA) is 47.9 Å². The number of nitrogens with one attached hydrogen (secondary N) is 1. The first kappa shape index (κ1) is 15.0. The molecule has 0 aromatic rings. The summed E-state index contributed by atoms with van der Waals surface area (Å²) < 4.78 is 0. The molecule has 1 saturated heterocycles. The lowest BCUT2D eigenvalue weighted by atomic mass is 9.68. The van der Waals surface area contributed by atoms with Gasteiger partial charge in [-0.2, -0.15) is 0 Å². The second kappa shape index (κ2) is 6.78. The molecule has 0 unspecified atom stereocenters. The maximum Gasteiger partial charge on any atom is 0.194 e. The van der Waals surface area contributed by atoms with Gasteiger partial charge in [0.2, 0.25) is 0 Å². The summed E-state index contributed by atoms with van der Waals surface area (Å²) in [6, 6.07) is 0. The molecule has 2 fully saturated rings. The van der Waals surface area contributed by atoms with Gasteiger partial charge in [0, 0.05) is 19.6 Å². The van der Waals surface area contributed by atoms with Gasteiger partial charge in [0.25, 0.3) is 0 Å². The fraction of sp³-hybridized carbons (Fsp3) is 0.917. The van der Waals surface area contributed by atoms with Crippen molar-refractivity contribution in [3.8, 4) is 0 Å². The van der Waals surface area contributed by atoms with Crippen molar-refractivity contribution < 1.29 is 5.11 Å². The average molecular weight is 353 g/mol. The third kappa shape index (κ3) is 3.47. The molecule has 2 aliphatic rings. The molecule has 5 heteroatoms. The maximum absolute atomic E-state index is 8.83. The standard InChI is InChI=1S/C12H23N3O.HI/c1-2-13-11(14-7-9-16)15-8-6-12(10-15)4-3-5-12;/h16H,2-10H2,1H3,(H,13,14);1H. The molecule has 0 aromatic carbocycles. The van der Waals surface area contributed by atoms with E-state index >= 15 is 0 Å². The van der Waals surface area contributed by atoms with Crippen LogP contribution in [0.2, 0.25) is 0 Å². The zero-order valence-corrected chi connectivity index (χ0v) is 12.9. The van der Waals surface area contributed by atoms with E-state index in [1.165, 1.54) is 25.7 Å². The zero-order chi connectivity index (χ0) is 11.4. The molecular weight excluding hydrogens is 329 g/mol. The van der Waals surface area contributed by atoms with Crippen molar-refractivity contribution in [2.24, 2.45) is 10.4 Å². The van der Waals surface area contributed by atoms with Gasteiger partial charge >= 0.3 is 0 Å². The summed E-state index contributed by atoms with van der Waals surface area (Å²) in [5.41, 5.74) is 0.607. The van der Waals surface area contributed by atoms with Crippen molar-refractivity contribution in [1.29, 1.82) is 0 Å². The van der Waals surface area contributed by atoms with Crippen molar-refractivity contribution in [3.05, 3.63) is 0 Å². The second-order valence-corrected chi connectivity index (χ2v) is 4.98. The van der Waals surface area contributed by atoms with E-state index in [0.717, 1.165) is 25.6 Å². The van der Waals surface area contributed by atoms with Crippen LogP contribution in [-0.4, -0.2) is 48.8 Å². The highest BCUT2D eigenvalue weighted by atomic mass is 127. The van der Waals surface area contributed by atoms with Gasteiger partial charge in [-0.3, -0.25) is 4.99 Å². The molecule has 0 amide bonds. The number of nitrogens with zero attached hydrogens (tertiary/aromatic N) is 2. The lowest BCUT2D eigenvalue weighted by Crippen LogP contribution is -2.42. The van der Waals surface area contributed by atoms with Crippen LogP contribution in [0, 0.1) is 5.41 Å². The molecule has 1 aliphatic heterocycles. The summed E-state index contributed by atoms with van der Waals surface area (Å²) in [6.45, 7) is 5.90. The van der Waals surface area contributed by atoms with E-state index in [4.69, 9.17) is 5.11 Å². The number of halogens is 1. The fourth-order valence-corrected chi connectivity index (χ4v) is 2.78. The minimum absolute atomic E-state index is 0. The summed E-state index contributed by atoms with van der Waals surface area (Å²) >= 11 is 0. The highest BCUT2D eigenvalue weighted by Crippen LogP contribution is 2.47. The largest absolute Gasteiger partial charge is 0.394 e. The Balaban J connectivity index is 0.00000144. The van der Waals surface area contributed by atoms with E-state index in [-0.39, 0.29) is 30.6 Å². The Hall–Kier alpha value is -0.0400. The molecule has 2 rings (SSSR count). The van der Waals surface area contributed by atoms with Crippen LogP contribution < -0.4 is 5.32 Å². The van der Waals surface area contributed by atoms with E-state index < -0.39 is 0 Å². The molecule has 0 radical (unpaired) electrons. The monoisotopic (exact) mass is 353 g/mol. The summed E-state index contributed by atoms with van der Waals surface area (Å²) in [5.74, 6) is 0.986. The molecule has 4 nitrogen and oxygen atoms in total. The van der Waals surface area contributed by atoms with Crippen molar-refractivity contribution in [2.45, 2.75) is 32.6 Å². The first-order valence-corrected chi connectivity index (χ1v) is 6.44. The highest BCUT2D eigenvalue weighted by Gasteiger charge is 2.43. The lowest BCUT2D eigenvalue weighted by Gasteiger charge is -2.38. The highest BCUT2D eigenvalue weighted by molar-refractivity contribution is 14.0. The minimum Gasteiger partial charge on any atom is -0.394 e. The van der Waals surface area contributed by atoms with Crippen molar-refractivity contribution in [1.82, 2.24) is 10.2 Å². The van der Waals surface area contributed by atoms with Gasteiger partial charge in [-0.15, -0.1) is 24.0 Å². The third-order valence-corrected chi connectivity index (χ3v) is 3.85. The third-order valence-electron chi connectivity index (χ3n) is 3.85. The van der Waals surface area contributed by atoms with E-state index in [9.17, 15) is 0 Å². The molecule has 100 valence electrons. The van der Waals surface area contributed by atoms with Gasteiger partial charge < -0.3 is 15.3 Å². The van der Waals surface area contributed by atoms with Crippen LogP contribution >= 0.6 is 24.0 Å². The Bertz CT molecular complexity index is 266. The number of aliphatic hydroxyl groups excluding tert-OH is 1. The molecule has 0 aromatic heterocycles. The lowest BCUT2D eigenvalue weighted by molar-refractivity contribution is 0.151. The van der Waals surface area contributed by atoms with Gasteiger partial charge in [0.1, 0.15) is 0 Å². The Morgan fingerprint density at radius 3 is 2.65 bits per heavy atom. The zero-order valence-electron chi connectivity index (χ0n) is 10.6. The number of likely N-dealkylation sites (tertiary alicyclic amines) is 1. The van der Waals surface area contributed by atoms with Crippen molar-refractivity contribution in [2.75, 3.05) is 32.8 Å². The van der Waals surface area contributed by atoms with Crippen LogP contribution in [0.25, 0.3) is 0 Å². The molecule has 1 aliphatic carbocycles. The first-order valence-electron chi connectivity index (χ1n) is 6.44. The van der Waals surface area contributed by atoms with Crippen molar-refractivity contribution in [3.63, 3.8) is 0 Å². The van der Waals surface area contributed by atoms with Crippen LogP contribution in [0.5, 0.6) is 0 Å². The second-order valence-electron chi connectivity index (χ2n) is 4.98. The molecule has 2 N–H and O–H groups in total. The average Bonchev–Trinajstić information content (AvgIpc) is 2.69. The summed E-state index contributed by atoms with van der Waals surface area (Å²) in [5, 5.41) is 12.1. The molecule has 1 spiro atoms. The van der Waals surface area contributed by atoms with Crippen LogP contribution in [0.1, 0.15) is 32.6 Å². The van der Waals surface area contributed by atoms with Gasteiger partial charge in [-0.1, -0.05) is 6.42 Å². The number of hydrogen-bond acceptors (Lipinski definition) is 2. The van der Waals surface area contributed by atoms with Crippen LogP contribution in [-0.2, 0) is 0 Å². The number of aliphatic hydroxyl groups is 1. The quantitative estimate of drug-likeness (QED) is 0.459. The Labute approximate surface area is 121 Å². The Morgan fingerprint density at radius 2 is 2.18 bits per heavy atom. The molecule has 1 heterocycles. The van der Waals surface area contributed by atoms with Crippen LogP contribution in [0.15, 0.2) is 4.99 Å². The SMILES string of the molecule is CCNC(=NCCO)N1CCC2(CCC2)C1.I. The summed E-state index contributed by atoms with van der Waals surface area (Å²) in [4.78, 5) is 6.78. The predicted molar refractivity (Wildman–Crippen MR) is 81.0 cm³/mol. The van der Waals surface area contributed by atoms with Crippen LogP contribution in [0.3, 0.4) is 0 Å². The molecular formula is C12H24IN3O. The number of aliphatic imine (C=N–C) groups is 1. The van der Waals surface area contributed by atoms with Crippen molar-refractivity contribution >= 4 is 29.9 Å². The number of rotatable bonds is 3. The van der Waals surface area contributed by atoms with E-state index in [2.05, 4.69) is 22.1 Å². The molecule has 0 atom stereocenters. The Kier molecular flexibility index (Phi) is 5.99. The van der Waals surface area contributed by atoms with Crippen LogP contribution in [0.4, 0.5) is 0 Å². The van der Waals surface area contributed by atoms with E-state index in [0.29, 0.717) is 12.0 Å². The fourth-order valence-electron chi connectivity index (χ4n) is 2.78. The summed E-state index contributed by atoms with van der Waals surface area (Å²) in [7, 11) is 0. The van der Waals surface area contributed by atoms with E-state index in [1.807, 2.05) is 0 Å². The van der Waals surface area contributed by atoms with Gasteiger partial charge in [0.15, 0.2) is 5.96 Å². The number of hydrogen-bond donors (Lipinski definition) is 2. The smallest absolute Gasteiger partial charge is 0.194 e.